The maximum Gasteiger partial charge on any atom is 0.109 e. The second-order valence-electron chi connectivity index (χ2n) is 6.45. The van der Waals surface area contributed by atoms with Crippen LogP contribution in [0.5, 0.6) is 0 Å². The molecule has 1 aliphatic carbocycles. The van der Waals surface area contributed by atoms with Crippen LogP contribution in [0, 0.1) is 17.8 Å². The number of nitrogens with zero attached hydrogens (tertiary/aromatic N) is 2. The number of imidazole rings is 1. The topological polar surface area (TPSA) is 43.8 Å². The van der Waals surface area contributed by atoms with Gasteiger partial charge in [-0.25, -0.2) is 4.98 Å². The number of benzene rings is 1. The molecule has 3 atom stereocenters. The van der Waals surface area contributed by atoms with Crippen LogP contribution in [0.25, 0.3) is 11.0 Å². The number of aromatic nitrogens is 2. The lowest BCUT2D eigenvalue weighted by molar-refractivity contribution is 0.190. The summed E-state index contributed by atoms with van der Waals surface area (Å²) in [5, 5.41) is 0. The summed E-state index contributed by atoms with van der Waals surface area (Å²) in [6, 6.07) is 8.39. The Morgan fingerprint density at radius 3 is 2.80 bits per heavy atom. The molecule has 3 unspecified atom stereocenters. The molecule has 1 saturated carbocycles. The SMILES string of the molecule is CC1CCC(CN)C(Cc2nc3ccccc3n2C)C1. The normalized spacial score (nSPS) is 27.1. The van der Waals surface area contributed by atoms with Crippen molar-refractivity contribution in [1.82, 2.24) is 9.55 Å². The quantitative estimate of drug-likeness (QED) is 0.932. The Balaban J connectivity index is 1.86. The van der Waals surface area contributed by atoms with E-state index in [9.17, 15) is 0 Å². The van der Waals surface area contributed by atoms with Gasteiger partial charge in [0.25, 0.3) is 0 Å². The third-order valence-electron chi connectivity index (χ3n) is 5.03. The highest BCUT2D eigenvalue weighted by Gasteiger charge is 2.28. The molecule has 1 fully saturated rings. The van der Waals surface area contributed by atoms with Gasteiger partial charge in [-0.15, -0.1) is 0 Å². The Kier molecular flexibility index (Phi) is 3.79. The molecule has 0 spiro atoms. The molecular weight excluding hydrogens is 246 g/mol. The zero-order valence-corrected chi connectivity index (χ0v) is 12.5. The van der Waals surface area contributed by atoms with Gasteiger partial charge in [0.1, 0.15) is 5.82 Å². The van der Waals surface area contributed by atoms with Crippen LogP contribution in [0.1, 0.15) is 32.0 Å². The molecule has 0 radical (unpaired) electrons. The van der Waals surface area contributed by atoms with Gasteiger partial charge in [0, 0.05) is 13.5 Å². The molecule has 0 amide bonds. The molecule has 3 nitrogen and oxygen atoms in total. The summed E-state index contributed by atoms with van der Waals surface area (Å²) in [5.41, 5.74) is 8.32. The van der Waals surface area contributed by atoms with E-state index in [1.165, 1.54) is 30.6 Å². The second kappa shape index (κ2) is 5.57. The molecule has 108 valence electrons. The summed E-state index contributed by atoms with van der Waals surface area (Å²) < 4.78 is 2.25. The Hall–Kier alpha value is -1.35. The number of hydrogen-bond donors (Lipinski definition) is 1. The summed E-state index contributed by atoms with van der Waals surface area (Å²) in [6.45, 7) is 3.19. The summed E-state index contributed by atoms with van der Waals surface area (Å²) in [5.74, 6) is 3.41. The van der Waals surface area contributed by atoms with E-state index in [1.54, 1.807) is 0 Å². The molecule has 1 aromatic carbocycles. The van der Waals surface area contributed by atoms with Gasteiger partial charge in [0.2, 0.25) is 0 Å². The maximum atomic E-state index is 5.98. The van der Waals surface area contributed by atoms with E-state index in [2.05, 4.69) is 42.8 Å². The lowest BCUT2D eigenvalue weighted by atomic mass is 9.73. The number of para-hydroxylation sites is 2. The van der Waals surface area contributed by atoms with E-state index in [-0.39, 0.29) is 0 Å². The Labute approximate surface area is 121 Å². The van der Waals surface area contributed by atoms with Gasteiger partial charge < -0.3 is 10.3 Å². The van der Waals surface area contributed by atoms with Crippen LogP contribution in [0.15, 0.2) is 24.3 Å². The third-order valence-corrected chi connectivity index (χ3v) is 5.03. The van der Waals surface area contributed by atoms with Crippen LogP contribution in [-0.2, 0) is 13.5 Å². The van der Waals surface area contributed by atoms with Gasteiger partial charge in [-0.1, -0.05) is 25.5 Å². The van der Waals surface area contributed by atoms with E-state index < -0.39 is 0 Å². The number of rotatable bonds is 3. The molecule has 2 N–H and O–H groups in total. The van der Waals surface area contributed by atoms with E-state index >= 15 is 0 Å². The lowest BCUT2D eigenvalue weighted by Gasteiger charge is -2.34. The van der Waals surface area contributed by atoms with Gasteiger partial charge in [0.15, 0.2) is 0 Å². The van der Waals surface area contributed by atoms with E-state index in [4.69, 9.17) is 10.7 Å². The van der Waals surface area contributed by atoms with Crippen molar-refractivity contribution in [3.8, 4) is 0 Å². The van der Waals surface area contributed by atoms with Crippen molar-refractivity contribution in [3.05, 3.63) is 30.1 Å². The predicted molar refractivity (Wildman–Crippen MR) is 83.5 cm³/mol. The maximum absolute atomic E-state index is 5.98. The number of fused-ring (bicyclic) bond motifs is 1. The van der Waals surface area contributed by atoms with Crippen molar-refractivity contribution >= 4 is 11.0 Å². The number of hydrogen-bond acceptors (Lipinski definition) is 2. The zero-order valence-electron chi connectivity index (χ0n) is 12.5. The molecule has 0 aliphatic heterocycles. The minimum absolute atomic E-state index is 0.672. The summed E-state index contributed by atoms with van der Waals surface area (Å²) in [6.07, 6.45) is 4.98. The smallest absolute Gasteiger partial charge is 0.109 e. The first-order valence-corrected chi connectivity index (χ1v) is 7.79. The molecule has 1 aliphatic rings. The largest absolute Gasteiger partial charge is 0.331 e. The Bertz CT molecular complexity index is 587. The molecular formula is C17H25N3. The van der Waals surface area contributed by atoms with Crippen molar-refractivity contribution in [3.63, 3.8) is 0 Å². The molecule has 1 aromatic heterocycles. The molecule has 1 heterocycles. The highest BCUT2D eigenvalue weighted by Crippen LogP contribution is 2.35. The number of aryl methyl sites for hydroxylation is 1. The fraction of sp³-hybridized carbons (Fsp3) is 0.588. The summed E-state index contributed by atoms with van der Waals surface area (Å²) >= 11 is 0. The highest BCUT2D eigenvalue weighted by molar-refractivity contribution is 5.75. The van der Waals surface area contributed by atoms with Crippen LogP contribution >= 0.6 is 0 Å². The summed E-state index contributed by atoms with van der Waals surface area (Å²) in [4.78, 5) is 4.82. The first-order valence-electron chi connectivity index (χ1n) is 7.79. The molecule has 0 bridgehead atoms. The van der Waals surface area contributed by atoms with Crippen molar-refractivity contribution < 1.29 is 0 Å². The monoisotopic (exact) mass is 271 g/mol. The zero-order chi connectivity index (χ0) is 14.1. The van der Waals surface area contributed by atoms with Crippen molar-refractivity contribution in [1.29, 1.82) is 0 Å². The van der Waals surface area contributed by atoms with Crippen molar-refractivity contribution in [2.75, 3.05) is 6.54 Å². The highest BCUT2D eigenvalue weighted by atomic mass is 15.1. The van der Waals surface area contributed by atoms with Crippen LogP contribution in [0.2, 0.25) is 0 Å². The fourth-order valence-electron chi connectivity index (χ4n) is 3.73. The van der Waals surface area contributed by atoms with Gasteiger partial charge >= 0.3 is 0 Å². The first kappa shape index (κ1) is 13.6. The average molecular weight is 271 g/mol. The Morgan fingerprint density at radius 2 is 2.05 bits per heavy atom. The van der Waals surface area contributed by atoms with Crippen LogP contribution in [0.3, 0.4) is 0 Å². The van der Waals surface area contributed by atoms with Gasteiger partial charge in [0.05, 0.1) is 11.0 Å². The molecule has 20 heavy (non-hydrogen) atoms. The van der Waals surface area contributed by atoms with E-state index in [0.29, 0.717) is 11.8 Å². The molecule has 2 aromatic rings. The molecule has 3 rings (SSSR count). The van der Waals surface area contributed by atoms with Crippen molar-refractivity contribution in [2.45, 2.75) is 32.6 Å². The average Bonchev–Trinajstić information content (AvgIpc) is 2.76. The minimum atomic E-state index is 0.672. The lowest BCUT2D eigenvalue weighted by Crippen LogP contribution is -2.31. The van der Waals surface area contributed by atoms with Crippen LogP contribution in [-0.4, -0.2) is 16.1 Å². The first-order chi connectivity index (χ1) is 9.69. The summed E-state index contributed by atoms with van der Waals surface area (Å²) in [7, 11) is 2.13. The number of nitrogens with two attached hydrogens (primary N) is 1. The minimum Gasteiger partial charge on any atom is -0.331 e. The standard InChI is InChI=1S/C17H25N3/c1-12-7-8-13(11-18)14(9-12)10-17-19-15-5-3-4-6-16(15)20(17)2/h3-6,12-14H,7-11,18H2,1-2H3. The van der Waals surface area contributed by atoms with Gasteiger partial charge in [-0.2, -0.15) is 0 Å². The Morgan fingerprint density at radius 1 is 1.25 bits per heavy atom. The van der Waals surface area contributed by atoms with Gasteiger partial charge in [-0.05, 0) is 49.3 Å². The molecule has 3 heteroatoms. The van der Waals surface area contributed by atoms with E-state index in [1.807, 2.05) is 0 Å². The van der Waals surface area contributed by atoms with Crippen LogP contribution in [0.4, 0.5) is 0 Å². The third kappa shape index (κ3) is 2.47. The predicted octanol–water partition coefficient (Wildman–Crippen LogP) is 3.13. The molecule has 0 saturated heterocycles. The fourth-order valence-corrected chi connectivity index (χ4v) is 3.73. The van der Waals surface area contributed by atoms with E-state index in [0.717, 1.165) is 24.4 Å². The second-order valence-corrected chi connectivity index (χ2v) is 6.45. The van der Waals surface area contributed by atoms with Crippen LogP contribution < -0.4 is 5.73 Å². The van der Waals surface area contributed by atoms with Gasteiger partial charge in [-0.3, -0.25) is 0 Å². The van der Waals surface area contributed by atoms with Crippen molar-refractivity contribution in [2.24, 2.45) is 30.5 Å².